The monoisotopic (exact) mass is 286 g/mol. The number of aliphatic hydroxyl groups is 1. The molecule has 0 aliphatic heterocycles. The molecule has 1 rings (SSSR count). The zero-order valence-electron chi connectivity index (χ0n) is 13.7. The standard InChI is InChI=1S/C16H34N2O2/c1-4-17-13-16(9-7-5-6-8-10-16)14-18(2)11-15(19)12-20-3/h15,17,19H,4-14H2,1-3H3. The number of nitrogens with zero attached hydrogens (tertiary/aromatic N) is 1. The fourth-order valence-electron chi connectivity index (χ4n) is 3.50. The summed E-state index contributed by atoms with van der Waals surface area (Å²) in [6, 6.07) is 0. The van der Waals surface area contributed by atoms with Crippen LogP contribution in [0, 0.1) is 5.41 Å². The van der Waals surface area contributed by atoms with Gasteiger partial charge in [-0.25, -0.2) is 0 Å². The summed E-state index contributed by atoms with van der Waals surface area (Å²) in [6.45, 7) is 6.51. The van der Waals surface area contributed by atoms with Crippen molar-refractivity contribution in [2.75, 3.05) is 46.9 Å². The minimum atomic E-state index is -0.382. The fraction of sp³-hybridized carbons (Fsp3) is 1.00. The Bertz CT molecular complexity index is 241. The fourth-order valence-corrected chi connectivity index (χ4v) is 3.50. The second-order valence-electron chi connectivity index (χ2n) is 6.50. The molecule has 0 bridgehead atoms. The Kier molecular flexibility index (Phi) is 8.69. The van der Waals surface area contributed by atoms with Crippen molar-refractivity contribution < 1.29 is 9.84 Å². The highest BCUT2D eigenvalue weighted by atomic mass is 16.5. The van der Waals surface area contributed by atoms with E-state index in [9.17, 15) is 5.11 Å². The largest absolute Gasteiger partial charge is 0.389 e. The smallest absolute Gasteiger partial charge is 0.0899 e. The van der Waals surface area contributed by atoms with Gasteiger partial charge in [0.25, 0.3) is 0 Å². The second kappa shape index (κ2) is 9.72. The van der Waals surface area contributed by atoms with Crippen molar-refractivity contribution in [2.24, 2.45) is 5.41 Å². The van der Waals surface area contributed by atoms with E-state index < -0.39 is 0 Å². The van der Waals surface area contributed by atoms with E-state index in [-0.39, 0.29) is 6.10 Å². The molecule has 0 saturated heterocycles. The van der Waals surface area contributed by atoms with Crippen LogP contribution in [0.15, 0.2) is 0 Å². The summed E-state index contributed by atoms with van der Waals surface area (Å²) in [5.74, 6) is 0. The van der Waals surface area contributed by atoms with Crippen LogP contribution in [0.4, 0.5) is 0 Å². The molecule has 1 unspecified atom stereocenters. The third kappa shape index (κ3) is 6.53. The maximum absolute atomic E-state index is 9.88. The zero-order valence-corrected chi connectivity index (χ0v) is 13.7. The molecule has 0 heterocycles. The molecule has 2 N–H and O–H groups in total. The summed E-state index contributed by atoms with van der Waals surface area (Å²) in [5.41, 5.74) is 0.383. The molecule has 1 saturated carbocycles. The highest BCUT2D eigenvalue weighted by molar-refractivity contribution is 4.86. The van der Waals surface area contributed by atoms with Gasteiger partial charge in [-0.1, -0.05) is 32.6 Å². The van der Waals surface area contributed by atoms with E-state index in [1.54, 1.807) is 7.11 Å². The van der Waals surface area contributed by atoms with Gasteiger partial charge in [0.15, 0.2) is 0 Å². The Hall–Kier alpha value is -0.160. The normalized spacial score (nSPS) is 20.9. The van der Waals surface area contributed by atoms with Gasteiger partial charge < -0.3 is 20.1 Å². The van der Waals surface area contributed by atoms with Crippen LogP contribution < -0.4 is 5.32 Å². The van der Waals surface area contributed by atoms with Crippen molar-refractivity contribution in [3.63, 3.8) is 0 Å². The molecular weight excluding hydrogens is 252 g/mol. The molecule has 20 heavy (non-hydrogen) atoms. The molecule has 0 aromatic rings. The van der Waals surface area contributed by atoms with E-state index in [1.807, 2.05) is 0 Å². The Morgan fingerprint density at radius 1 is 1.25 bits per heavy atom. The van der Waals surface area contributed by atoms with Crippen molar-refractivity contribution >= 4 is 0 Å². The van der Waals surface area contributed by atoms with Gasteiger partial charge in [0.1, 0.15) is 0 Å². The van der Waals surface area contributed by atoms with Crippen molar-refractivity contribution in [3.8, 4) is 0 Å². The third-order valence-electron chi connectivity index (χ3n) is 4.40. The zero-order chi connectivity index (χ0) is 14.8. The van der Waals surface area contributed by atoms with Gasteiger partial charge in [-0.2, -0.15) is 0 Å². The van der Waals surface area contributed by atoms with Crippen LogP contribution in [0.1, 0.15) is 45.4 Å². The van der Waals surface area contributed by atoms with E-state index >= 15 is 0 Å². The van der Waals surface area contributed by atoms with Crippen LogP contribution in [0.25, 0.3) is 0 Å². The Labute approximate surface area is 124 Å². The Morgan fingerprint density at radius 3 is 2.45 bits per heavy atom. The van der Waals surface area contributed by atoms with Crippen LogP contribution in [0.5, 0.6) is 0 Å². The highest BCUT2D eigenvalue weighted by Crippen LogP contribution is 2.35. The van der Waals surface area contributed by atoms with Crippen LogP contribution in [-0.2, 0) is 4.74 Å². The van der Waals surface area contributed by atoms with E-state index in [4.69, 9.17) is 4.74 Å². The van der Waals surface area contributed by atoms with Crippen molar-refractivity contribution in [3.05, 3.63) is 0 Å². The first kappa shape index (κ1) is 17.9. The van der Waals surface area contributed by atoms with Crippen LogP contribution >= 0.6 is 0 Å². The molecule has 0 aromatic heterocycles. The van der Waals surface area contributed by atoms with Crippen LogP contribution in [-0.4, -0.2) is 63.1 Å². The molecule has 1 atom stereocenters. The molecule has 0 amide bonds. The average molecular weight is 286 g/mol. The van der Waals surface area contributed by atoms with E-state index in [1.165, 1.54) is 38.5 Å². The molecular formula is C16H34N2O2. The van der Waals surface area contributed by atoms with Crippen molar-refractivity contribution in [2.45, 2.75) is 51.6 Å². The summed E-state index contributed by atoms with van der Waals surface area (Å²) >= 11 is 0. The Morgan fingerprint density at radius 2 is 1.90 bits per heavy atom. The van der Waals surface area contributed by atoms with Crippen LogP contribution in [0.3, 0.4) is 0 Å². The quantitative estimate of drug-likeness (QED) is 0.635. The van der Waals surface area contributed by atoms with Crippen molar-refractivity contribution in [1.82, 2.24) is 10.2 Å². The first-order chi connectivity index (χ1) is 9.62. The lowest BCUT2D eigenvalue weighted by atomic mass is 9.79. The van der Waals surface area contributed by atoms with Gasteiger partial charge in [0.05, 0.1) is 12.7 Å². The molecule has 1 aliphatic rings. The molecule has 0 spiro atoms. The summed E-state index contributed by atoms with van der Waals surface area (Å²) in [7, 11) is 3.76. The maximum Gasteiger partial charge on any atom is 0.0899 e. The second-order valence-corrected chi connectivity index (χ2v) is 6.50. The lowest BCUT2D eigenvalue weighted by Crippen LogP contribution is -2.45. The number of ether oxygens (including phenoxy) is 1. The number of nitrogens with one attached hydrogen (secondary N) is 1. The number of hydrogen-bond acceptors (Lipinski definition) is 4. The van der Waals surface area contributed by atoms with Crippen molar-refractivity contribution in [1.29, 1.82) is 0 Å². The number of hydrogen-bond donors (Lipinski definition) is 2. The highest BCUT2D eigenvalue weighted by Gasteiger charge is 2.32. The first-order valence-corrected chi connectivity index (χ1v) is 8.18. The summed E-state index contributed by atoms with van der Waals surface area (Å²) in [5, 5.41) is 13.4. The number of aliphatic hydroxyl groups excluding tert-OH is 1. The number of likely N-dealkylation sites (N-methyl/N-ethyl adjacent to an activating group) is 1. The lowest BCUT2D eigenvalue weighted by molar-refractivity contribution is 0.0311. The molecule has 0 aromatic carbocycles. The van der Waals surface area contributed by atoms with E-state index in [0.29, 0.717) is 18.6 Å². The molecule has 120 valence electrons. The predicted molar refractivity (Wildman–Crippen MR) is 84.1 cm³/mol. The first-order valence-electron chi connectivity index (χ1n) is 8.18. The maximum atomic E-state index is 9.88. The van der Waals surface area contributed by atoms with Gasteiger partial charge in [-0.3, -0.25) is 0 Å². The predicted octanol–water partition coefficient (Wildman–Crippen LogP) is 1.88. The molecule has 0 radical (unpaired) electrons. The van der Waals surface area contributed by atoms with Gasteiger partial charge in [0, 0.05) is 26.7 Å². The SMILES string of the molecule is CCNCC1(CN(C)CC(O)COC)CCCCCC1. The number of rotatable bonds is 9. The topological polar surface area (TPSA) is 44.7 Å². The molecule has 4 nitrogen and oxygen atoms in total. The molecule has 1 aliphatic carbocycles. The molecule has 1 fully saturated rings. The van der Waals surface area contributed by atoms with E-state index in [0.717, 1.165) is 19.6 Å². The number of methoxy groups -OCH3 is 1. The van der Waals surface area contributed by atoms with Gasteiger partial charge >= 0.3 is 0 Å². The minimum absolute atomic E-state index is 0.382. The average Bonchev–Trinajstić information content (AvgIpc) is 2.62. The summed E-state index contributed by atoms with van der Waals surface area (Å²) in [6.07, 6.45) is 7.69. The third-order valence-corrected chi connectivity index (χ3v) is 4.40. The van der Waals surface area contributed by atoms with Gasteiger partial charge in [-0.15, -0.1) is 0 Å². The summed E-state index contributed by atoms with van der Waals surface area (Å²) in [4.78, 5) is 2.28. The van der Waals surface area contributed by atoms with Crippen LogP contribution in [0.2, 0.25) is 0 Å². The Balaban J connectivity index is 2.53. The van der Waals surface area contributed by atoms with Gasteiger partial charge in [-0.05, 0) is 31.8 Å². The summed E-state index contributed by atoms with van der Waals surface area (Å²) < 4.78 is 5.02. The van der Waals surface area contributed by atoms with E-state index in [2.05, 4.69) is 24.2 Å². The lowest BCUT2D eigenvalue weighted by Gasteiger charge is -2.37. The molecule has 4 heteroatoms. The van der Waals surface area contributed by atoms with Gasteiger partial charge in [0.2, 0.25) is 0 Å². The minimum Gasteiger partial charge on any atom is -0.389 e.